The van der Waals surface area contributed by atoms with Gasteiger partial charge in [-0.15, -0.1) is 0 Å². The number of hydrogen-bond acceptors (Lipinski definition) is 6. The zero-order valence-corrected chi connectivity index (χ0v) is 11.6. The van der Waals surface area contributed by atoms with E-state index in [4.69, 9.17) is 4.74 Å². The van der Waals surface area contributed by atoms with Crippen LogP contribution in [0.5, 0.6) is 0 Å². The van der Waals surface area contributed by atoms with Crippen LogP contribution in [-0.2, 0) is 16.1 Å². The van der Waals surface area contributed by atoms with Crippen molar-refractivity contribution in [3.8, 4) is 0 Å². The molecule has 6 heteroatoms. The van der Waals surface area contributed by atoms with Crippen LogP contribution in [0.4, 0.5) is 0 Å². The van der Waals surface area contributed by atoms with Crippen LogP contribution in [0.2, 0.25) is 0 Å². The van der Waals surface area contributed by atoms with Gasteiger partial charge >= 0.3 is 5.97 Å². The van der Waals surface area contributed by atoms with Gasteiger partial charge in [0.2, 0.25) is 0 Å². The average molecular weight is 269 g/mol. The van der Waals surface area contributed by atoms with Gasteiger partial charge in [-0.1, -0.05) is 18.7 Å². The number of thioether (sulfide) groups is 1. The van der Waals surface area contributed by atoms with E-state index in [1.165, 1.54) is 11.8 Å². The summed E-state index contributed by atoms with van der Waals surface area (Å²) in [6, 6.07) is 0. The van der Waals surface area contributed by atoms with Crippen LogP contribution >= 0.6 is 11.8 Å². The number of aromatic nitrogens is 2. The third-order valence-corrected chi connectivity index (χ3v) is 2.91. The number of esters is 1. The Morgan fingerprint density at radius 1 is 1.39 bits per heavy atom. The molecule has 0 fully saturated rings. The number of carbonyl (C=O) groups is 1. The van der Waals surface area contributed by atoms with Crippen LogP contribution in [-0.4, -0.2) is 34.8 Å². The van der Waals surface area contributed by atoms with Crippen molar-refractivity contribution in [1.29, 1.82) is 0 Å². The van der Waals surface area contributed by atoms with E-state index in [-0.39, 0.29) is 11.7 Å². The molecule has 0 aromatic carbocycles. The minimum absolute atomic E-state index is 0.236. The minimum Gasteiger partial charge on any atom is -0.465 e. The number of nitrogens with one attached hydrogen (secondary N) is 1. The molecule has 0 saturated heterocycles. The highest BCUT2D eigenvalue weighted by atomic mass is 32.2. The molecule has 0 saturated carbocycles. The Balaban J connectivity index is 2.33. The van der Waals surface area contributed by atoms with Crippen molar-refractivity contribution in [3.05, 3.63) is 18.0 Å². The smallest absolute Gasteiger partial charge is 0.316 e. The molecule has 1 aromatic rings. The maximum Gasteiger partial charge on any atom is 0.316 e. The summed E-state index contributed by atoms with van der Waals surface area (Å²) in [6.45, 7) is 6.08. The molecule has 0 radical (unpaired) electrons. The summed E-state index contributed by atoms with van der Waals surface area (Å²) in [6.07, 6.45) is 4.67. The molecule has 0 aliphatic heterocycles. The van der Waals surface area contributed by atoms with Gasteiger partial charge in [-0.2, -0.15) is 0 Å². The summed E-state index contributed by atoms with van der Waals surface area (Å²) < 4.78 is 4.83. The van der Waals surface area contributed by atoms with Crippen molar-refractivity contribution in [2.75, 3.05) is 18.9 Å². The van der Waals surface area contributed by atoms with Gasteiger partial charge in [-0.25, -0.2) is 9.97 Å². The van der Waals surface area contributed by atoms with E-state index in [0.29, 0.717) is 11.8 Å². The zero-order chi connectivity index (χ0) is 13.2. The fourth-order valence-corrected chi connectivity index (χ4v) is 1.83. The molecule has 5 nitrogen and oxygen atoms in total. The molecule has 1 rings (SSSR count). The fourth-order valence-electron chi connectivity index (χ4n) is 1.24. The van der Waals surface area contributed by atoms with Crippen LogP contribution in [0.1, 0.15) is 25.8 Å². The lowest BCUT2D eigenvalue weighted by atomic mass is 10.3. The van der Waals surface area contributed by atoms with E-state index < -0.39 is 0 Å². The molecule has 1 aromatic heterocycles. The van der Waals surface area contributed by atoms with Gasteiger partial charge in [0, 0.05) is 24.5 Å². The molecule has 0 atom stereocenters. The summed E-state index contributed by atoms with van der Waals surface area (Å²) in [4.78, 5) is 19.5. The normalized spacial score (nSPS) is 10.3. The van der Waals surface area contributed by atoms with Crippen molar-refractivity contribution < 1.29 is 9.53 Å². The highest BCUT2D eigenvalue weighted by Gasteiger charge is 2.05. The molecule has 0 amide bonds. The van der Waals surface area contributed by atoms with Crippen LogP contribution in [0.25, 0.3) is 0 Å². The van der Waals surface area contributed by atoms with Crippen LogP contribution in [0, 0.1) is 0 Å². The SMILES string of the molecule is CCCNCc1cnc(SCC(=O)OCC)nc1. The van der Waals surface area contributed by atoms with Gasteiger partial charge in [0.1, 0.15) is 0 Å². The Kier molecular flexibility index (Phi) is 7.36. The Morgan fingerprint density at radius 2 is 2.11 bits per heavy atom. The molecular weight excluding hydrogens is 250 g/mol. The summed E-state index contributed by atoms with van der Waals surface area (Å²) in [7, 11) is 0. The summed E-state index contributed by atoms with van der Waals surface area (Å²) in [5.41, 5.74) is 1.05. The Bertz CT molecular complexity index is 357. The van der Waals surface area contributed by atoms with Crippen LogP contribution in [0.15, 0.2) is 17.6 Å². The fraction of sp³-hybridized carbons (Fsp3) is 0.583. The minimum atomic E-state index is -0.236. The standard InChI is InChI=1S/C12H19N3O2S/c1-3-5-13-6-10-7-14-12(15-8-10)18-9-11(16)17-4-2/h7-8,13H,3-6,9H2,1-2H3. The number of ether oxygens (including phenoxy) is 1. The van der Waals surface area contributed by atoms with Crippen LogP contribution in [0.3, 0.4) is 0 Å². The lowest BCUT2D eigenvalue weighted by molar-refractivity contribution is -0.139. The third kappa shape index (κ3) is 5.97. The molecule has 1 N–H and O–H groups in total. The first-order valence-electron chi connectivity index (χ1n) is 6.06. The van der Waals surface area contributed by atoms with Gasteiger partial charge < -0.3 is 10.1 Å². The monoisotopic (exact) mass is 269 g/mol. The second-order valence-corrected chi connectivity index (χ2v) is 4.59. The van der Waals surface area contributed by atoms with Crippen LogP contribution < -0.4 is 5.32 Å². The van der Waals surface area contributed by atoms with Gasteiger partial charge in [0.05, 0.1) is 12.4 Å². The van der Waals surface area contributed by atoms with Crippen molar-refractivity contribution in [3.63, 3.8) is 0 Å². The highest BCUT2D eigenvalue weighted by Crippen LogP contribution is 2.12. The van der Waals surface area contributed by atoms with Gasteiger partial charge in [-0.05, 0) is 19.9 Å². The number of rotatable bonds is 8. The molecular formula is C12H19N3O2S. The highest BCUT2D eigenvalue weighted by molar-refractivity contribution is 7.99. The first kappa shape index (κ1) is 14.9. The molecule has 0 spiro atoms. The number of hydrogen-bond donors (Lipinski definition) is 1. The topological polar surface area (TPSA) is 64.1 Å². The Hall–Kier alpha value is -1.14. The van der Waals surface area contributed by atoms with E-state index in [2.05, 4.69) is 22.2 Å². The van der Waals surface area contributed by atoms with Crippen molar-refractivity contribution in [2.45, 2.75) is 32.0 Å². The first-order chi connectivity index (χ1) is 8.76. The van der Waals surface area contributed by atoms with Gasteiger partial charge in [0.25, 0.3) is 0 Å². The largest absolute Gasteiger partial charge is 0.465 e. The second kappa shape index (κ2) is 8.88. The number of nitrogens with zero attached hydrogens (tertiary/aromatic N) is 2. The van der Waals surface area contributed by atoms with E-state index in [1.54, 1.807) is 19.3 Å². The van der Waals surface area contributed by atoms with Gasteiger partial charge in [0.15, 0.2) is 5.16 Å². The lowest BCUT2D eigenvalue weighted by Gasteiger charge is -2.04. The summed E-state index contributed by atoms with van der Waals surface area (Å²) >= 11 is 1.29. The molecule has 18 heavy (non-hydrogen) atoms. The molecule has 100 valence electrons. The Morgan fingerprint density at radius 3 is 2.72 bits per heavy atom. The van der Waals surface area contributed by atoms with E-state index in [0.717, 1.165) is 25.1 Å². The van der Waals surface area contributed by atoms with Gasteiger partial charge in [-0.3, -0.25) is 4.79 Å². The quantitative estimate of drug-likeness (QED) is 0.335. The summed E-state index contributed by atoms with van der Waals surface area (Å²) in [5, 5.41) is 3.88. The molecule has 0 unspecified atom stereocenters. The summed E-state index contributed by atoms with van der Waals surface area (Å²) in [5.74, 6) is 0.0150. The Labute approximate surface area is 112 Å². The molecule has 0 bridgehead atoms. The van der Waals surface area contributed by atoms with E-state index in [1.807, 2.05) is 0 Å². The van der Waals surface area contributed by atoms with E-state index >= 15 is 0 Å². The van der Waals surface area contributed by atoms with Crippen molar-refractivity contribution >= 4 is 17.7 Å². The third-order valence-electron chi connectivity index (χ3n) is 2.06. The van der Waals surface area contributed by atoms with Crippen molar-refractivity contribution in [2.24, 2.45) is 0 Å². The maximum atomic E-state index is 11.1. The molecule has 1 heterocycles. The molecule has 0 aliphatic rings. The van der Waals surface area contributed by atoms with E-state index in [9.17, 15) is 4.79 Å². The number of carbonyl (C=O) groups excluding carboxylic acids is 1. The van der Waals surface area contributed by atoms with Crippen molar-refractivity contribution in [1.82, 2.24) is 15.3 Å². The second-order valence-electron chi connectivity index (χ2n) is 3.64. The molecule has 0 aliphatic carbocycles. The lowest BCUT2D eigenvalue weighted by Crippen LogP contribution is -2.14. The predicted molar refractivity (Wildman–Crippen MR) is 71.4 cm³/mol. The maximum absolute atomic E-state index is 11.1. The predicted octanol–water partition coefficient (Wildman–Crippen LogP) is 1.63. The zero-order valence-electron chi connectivity index (χ0n) is 10.8. The average Bonchev–Trinajstić information content (AvgIpc) is 2.38. The first-order valence-corrected chi connectivity index (χ1v) is 7.04.